The zero-order chi connectivity index (χ0) is 23.3. The summed E-state index contributed by atoms with van der Waals surface area (Å²) in [6, 6.07) is 35.5. The van der Waals surface area contributed by atoms with Crippen LogP contribution in [0, 0.1) is 0 Å². The Morgan fingerprint density at radius 1 is 0.412 bits per heavy atom. The van der Waals surface area contributed by atoms with Gasteiger partial charge in [-0.3, -0.25) is 0 Å². The molecule has 0 aliphatic rings. The van der Waals surface area contributed by atoms with Crippen LogP contribution in [0.25, 0.3) is 0 Å². The predicted molar refractivity (Wildman–Crippen MR) is 135 cm³/mol. The van der Waals surface area contributed by atoms with Gasteiger partial charge in [-0.15, -0.1) is 0 Å². The lowest BCUT2D eigenvalue weighted by atomic mass is 10.2. The van der Waals surface area contributed by atoms with Gasteiger partial charge in [0.05, 0.1) is 0 Å². The Morgan fingerprint density at radius 3 is 1.24 bits per heavy atom. The van der Waals surface area contributed by atoms with E-state index in [0.717, 1.165) is 35.2 Å². The molecular formula is C29H29NO4. The first-order valence-electron chi connectivity index (χ1n) is 11.4. The van der Waals surface area contributed by atoms with Gasteiger partial charge in [-0.25, -0.2) is 0 Å². The van der Waals surface area contributed by atoms with Crippen molar-refractivity contribution in [3.8, 4) is 23.0 Å². The molecule has 5 nitrogen and oxygen atoms in total. The van der Waals surface area contributed by atoms with Crippen molar-refractivity contribution in [2.75, 3.05) is 31.7 Å². The van der Waals surface area contributed by atoms with Crippen LogP contribution in [0.4, 0.5) is 5.69 Å². The van der Waals surface area contributed by atoms with Crippen molar-refractivity contribution in [1.29, 1.82) is 0 Å². The second-order valence-corrected chi connectivity index (χ2v) is 7.54. The molecule has 0 saturated carbocycles. The van der Waals surface area contributed by atoms with Crippen LogP contribution in [0.3, 0.4) is 0 Å². The summed E-state index contributed by atoms with van der Waals surface area (Å²) < 4.78 is 22.8. The molecule has 0 aliphatic heterocycles. The second kappa shape index (κ2) is 12.8. The zero-order valence-electron chi connectivity index (χ0n) is 19.1. The van der Waals surface area contributed by atoms with Crippen molar-refractivity contribution in [2.45, 2.75) is 6.54 Å². The van der Waals surface area contributed by atoms with Crippen molar-refractivity contribution in [3.63, 3.8) is 0 Å². The summed E-state index contributed by atoms with van der Waals surface area (Å²) in [5.74, 6) is 3.35. The lowest BCUT2D eigenvalue weighted by Crippen LogP contribution is -2.09. The first-order valence-corrected chi connectivity index (χ1v) is 11.4. The largest absolute Gasteiger partial charge is 0.490 e. The van der Waals surface area contributed by atoms with Crippen molar-refractivity contribution in [2.24, 2.45) is 0 Å². The molecule has 34 heavy (non-hydrogen) atoms. The van der Waals surface area contributed by atoms with E-state index in [-0.39, 0.29) is 0 Å². The molecule has 0 unspecified atom stereocenters. The average molecular weight is 456 g/mol. The van der Waals surface area contributed by atoms with E-state index in [2.05, 4.69) is 17.4 Å². The van der Waals surface area contributed by atoms with Gasteiger partial charge in [0.2, 0.25) is 0 Å². The highest BCUT2D eigenvalue weighted by molar-refractivity contribution is 5.47. The highest BCUT2D eigenvalue weighted by Gasteiger charge is 2.00. The van der Waals surface area contributed by atoms with Crippen LogP contribution >= 0.6 is 0 Å². The molecule has 5 heteroatoms. The third-order valence-electron chi connectivity index (χ3n) is 5.00. The van der Waals surface area contributed by atoms with Crippen molar-refractivity contribution >= 4 is 5.69 Å². The Kier molecular flexibility index (Phi) is 8.68. The number of benzene rings is 4. The van der Waals surface area contributed by atoms with Gasteiger partial charge in [-0.05, 0) is 66.2 Å². The summed E-state index contributed by atoms with van der Waals surface area (Å²) in [6.45, 7) is 2.73. The molecule has 0 bridgehead atoms. The molecule has 174 valence electrons. The number of nitrogens with one attached hydrogen (secondary N) is 1. The lowest BCUT2D eigenvalue weighted by molar-refractivity contribution is 0.217. The van der Waals surface area contributed by atoms with Gasteiger partial charge in [0.25, 0.3) is 0 Å². The summed E-state index contributed by atoms with van der Waals surface area (Å²) in [6.07, 6.45) is 0. The molecule has 0 radical (unpaired) electrons. The van der Waals surface area contributed by atoms with Crippen LogP contribution < -0.4 is 24.3 Å². The SMILES string of the molecule is c1ccc(OCCOc2ccc(CNc3ccc(OCCOc4ccccc4)cc3)cc2)cc1. The van der Waals surface area contributed by atoms with Crippen LogP contribution in [-0.4, -0.2) is 26.4 Å². The summed E-state index contributed by atoms with van der Waals surface area (Å²) in [5.41, 5.74) is 2.21. The topological polar surface area (TPSA) is 49.0 Å². The van der Waals surface area contributed by atoms with Crippen molar-refractivity contribution < 1.29 is 18.9 Å². The van der Waals surface area contributed by atoms with E-state index in [0.29, 0.717) is 26.4 Å². The minimum atomic E-state index is 0.495. The molecule has 0 saturated heterocycles. The maximum Gasteiger partial charge on any atom is 0.122 e. The molecule has 4 aromatic rings. The number of rotatable bonds is 13. The summed E-state index contributed by atoms with van der Waals surface area (Å²) in [5, 5.41) is 3.43. The number of hydrogen-bond acceptors (Lipinski definition) is 5. The number of anilines is 1. The smallest absolute Gasteiger partial charge is 0.122 e. The molecule has 4 rings (SSSR count). The summed E-state index contributed by atoms with van der Waals surface area (Å²) >= 11 is 0. The fourth-order valence-electron chi connectivity index (χ4n) is 3.25. The Hall–Kier alpha value is -4.12. The fraction of sp³-hybridized carbons (Fsp3) is 0.172. The van der Waals surface area contributed by atoms with Crippen LogP contribution in [0.15, 0.2) is 109 Å². The first-order chi connectivity index (χ1) is 16.8. The Morgan fingerprint density at radius 2 is 0.794 bits per heavy atom. The lowest BCUT2D eigenvalue weighted by Gasteiger charge is -2.11. The predicted octanol–water partition coefficient (Wildman–Crippen LogP) is 6.21. The van der Waals surface area contributed by atoms with Crippen molar-refractivity contribution in [3.05, 3.63) is 115 Å². The highest BCUT2D eigenvalue weighted by Crippen LogP contribution is 2.18. The van der Waals surface area contributed by atoms with E-state index in [9.17, 15) is 0 Å². The normalized spacial score (nSPS) is 10.4. The standard InChI is InChI=1S/C29H29NO4/c1-3-7-26(8-4-1)31-19-21-33-28-15-11-24(12-16-28)23-30-25-13-17-29(18-14-25)34-22-20-32-27-9-5-2-6-10-27/h1-18,30H,19-23H2. The molecule has 0 aliphatic carbocycles. The van der Waals surface area contributed by atoms with E-state index >= 15 is 0 Å². The monoisotopic (exact) mass is 455 g/mol. The third-order valence-corrected chi connectivity index (χ3v) is 5.00. The summed E-state index contributed by atoms with van der Waals surface area (Å²) in [4.78, 5) is 0. The third kappa shape index (κ3) is 7.78. The Labute approximate surface area is 200 Å². The number of ether oxygens (including phenoxy) is 4. The van der Waals surface area contributed by atoms with Gasteiger partial charge in [0.15, 0.2) is 0 Å². The average Bonchev–Trinajstić information content (AvgIpc) is 2.90. The second-order valence-electron chi connectivity index (χ2n) is 7.54. The van der Waals surface area contributed by atoms with Crippen LogP contribution in [0.2, 0.25) is 0 Å². The number of hydrogen-bond donors (Lipinski definition) is 1. The highest BCUT2D eigenvalue weighted by atomic mass is 16.5. The quantitative estimate of drug-likeness (QED) is 0.243. The molecule has 0 aromatic heterocycles. The molecule has 0 fully saturated rings. The van der Waals surface area contributed by atoms with E-state index < -0.39 is 0 Å². The van der Waals surface area contributed by atoms with E-state index in [1.165, 1.54) is 5.56 Å². The van der Waals surface area contributed by atoms with Gasteiger partial charge in [-0.1, -0.05) is 48.5 Å². The van der Waals surface area contributed by atoms with Crippen molar-refractivity contribution in [1.82, 2.24) is 0 Å². The molecule has 0 amide bonds. The van der Waals surface area contributed by atoms with Gasteiger partial charge in [0.1, 0.15) is 49.4 Å². The van der Waals surface area contributed by atoms with Crippen LogP contribution in [0.1, 0.15) is 5.56 Å². The molecule has 0 spiro atoms. The summed E-state index contributed by atoms with van der Waals surface area (Å²) in [7, 11) is 0. The van der Waals surface area contributed by atoms with Gasteiger partial charge in [-0.2, -0.15) is 0 Å². The molecule has 4 aromatic carbocycles. The zero-order valence-corrected chi connectivity index (χ0v) is 19.1. The van der Waals surface area contributed by atoms with Crippen LogP contribution in [-0.2, 0) is 6.54 Å². The maximum atomic E-state index is 5.76. The van der Waals surface area contributed by atoms with Gasteiger partial charge in [0, 0.05) is 12.2 Å². The first kappa shape index (κ1) is 23.1. The Bertz CT molecular complexity index is 994. The minimum absolute atomic E-state index is 0.495. The fourth-order valence-corrected chi connectivity index (χ4v) is 3.25. The number of para-hydroxylation sites is 2. The van der Waals surface area contributed by atoms with Crippen LogP contribution in [0.5, 0.6) is 23.0 Å². The van der Waals surface area contributed by atoms with E-state index in [4.69, 9.17) is 18.9 Å². The maximum absolute atomic E-state index is 5.76. The molecule has 0 atom stereocenters. The molecule has 1 N–H and O–H groups in total. The van der Waals surface area contributed by atoms with E-state index in [1.54, 1.807) is 0 Å². The van der Waals surface area contributed by atoms with E-state index in [1.807, 2.05) is 97.1 Å². The van der Waals surface area contributed by atoms with Gasteiger partial charge >= 0.3 is 0 Å². The molecular weight excluding hydrogens is 426 g/mol. The Balaban J connectivity index is 1.12. The minimum Gasteiger partial charge on any atom is -0.490 e. The molecule has 0 heterocycles. The van der Waals surface area contributed by atoms with Gasteiger partial charge < -0.3 is 24.3 Å².